The van der Waals surface area contributed by atoms with Gasteiger partial charge in [-0.1, -0.05) is 59.8 Å². The maximum atomic E-state index is 12.5. The Balaban J connectivity index is 1.61. The Bertz CT molecular complexity index is 1230. The largest absolute Gasteiger partial charge is 0.489 e. The Hall–Kier alpha value is -3.04. The van der Waals surface area contributed by atoms with E-state index in [1.807, 2.05) is 72.8 Å². The van der Waals surface area contributed by atoms with Gasteiger partial charge in [0.1, 0.15) is 36.6 Å². The van der Waals surface area contributed by atoms with Gasteiger partial charge in [0.2, 0.25) is 0 Å². The van der Waals surface area contributed by atoms with Crippen molar-refractivity contribution in [2.45, 2.75) is 61.2 Å². The van der Waals surface area contributed by atoms with E-state index in [1.165, 1.54) is 7.11 Å². The number of carbonyl (C=O) groups is 2. The highest BCUT2D eigenvalue weighted by atomic mass is 35.5. The summed E-state index contributed by atoms with van der Waals surface area (Å²) in [4.78, 5) is 26.7. The summed E-state index contributed by atoms with van der Waals surface area (Å²) in [7, 11) is 1.48. The summed E-state index contributed by atoms with van der Waals surface area (Å²) in [5, 5.41) is 3.26. The molecule has 9 heteroatoms. The average molecular weight is 586 g/mol. The van der Waals surface area contributed by atoms with Crippen molar-refractivity contribution in [3.05, 3.63) is 88.9 Å². The van der Waals surface area contributed by atoms with E-state index in [2.05, 4.69) is 5.32 Å². The molecule has 1 unspecified atom stereocenters. The molecule has 3 rings (SSSR count). The minimum absolute atomic E-state index is 0.0155. The summed E-state index contributed by atoms with van der Waals surface area (Å²) in [6, 6.07) is 23.7. The van der Waals surface area contributed by atoms with Crippen LogP contribution in [-0.4, -0.2) is 44.0 Å². The highest BCUT2D eigenvalue weighted by molar-refractivity contribution is 7.99. The lowest BCUT2D eigenvalue weighted by molar-refractivity contribution is -0.119. The van der Waals surface area contributed by atoms with Gasteiger partial charge in [-0.15, -0.1) is 0 Å². The van der Waals surface area contributed by atoms with E-state index in [0.29, 0.717) is 24.3 Å². The van der Waals surface area contributed by atoms with E-state index >= 15 is 0 Å². The molecular weight excluding hydrogens is 550 g/mol. The number of aryl methyl sites for hydroxylation is 1. The van der Waals surface area contributed by atoms with Crippen LogP contribution in [0.5, 0.6) is 5.75 Å². The molecule has 0 fully saturated rings. The molecule has 7 nitrogen and oxygen atoms in total. The molecule has 0 aliphatic heterocycles. The normalized spacial score (nSPS) is 12.8. The molecule has 1 N–H and O–H groups in total. The number of alkyl carbamates (subject to hydrolysis) is 1. The van der Waals surface area contributed by atoms with Gasteiger partial charge in [0.05, 0.1) is 6.61 Å². The third-order valence-electron chi connectivity index (χ3n) is 5.71. The van der Waals surface area contributed by atoms with E-state index in [9.17, 15) is 9.59 Å². The van der Waals surface area contributed by atoms with Crippen LogP contribution in [0.15, 0.2) is 82.6 Å². The number of nitrogens with one attached hydrogen (secondary N) is 1. The molecule has 0 aliphatic rings. The van der Waals surface area contributed by atoms with Gasteiger partial charge < -0.3 is 29.1 Å². The molecule has 1 amide bonds. The zero-order valence-electron chi connectivity index (χ0n) is 23.3. The average Bonchev–Trinajstić information content (AvgIpc) is 2.91. The first-order chi connectivity index (χ1) is 19.1. The van der Waals surface area contributed by atoms with Crippen molar-refractivity contribution in [3.8, 4) is 5.75 Å². The SMILES string of the molecule is COCOCC(C=O)(CCc1ccc(Sc2ccc(OCc3ccccc3)cc2)cc1Cl)NC(=O)OC(C)(C)C. The standard InChI is InChI=1S/C31H36ClNO6S/c1-30(2,3)39-29(35)33-31(20-34,21-37-22-36-4)17-16-24-10-13-27(18-28(24)32)40-26-14-11-25(12-15-26)38-19-23-8-6-5-7-9-23/h5-15,18,20H,16-17,19,21-22H2,1-4H3,(H,33,35). The lowest BCUT2D eigenvalue weighted by atomic mass is 9.93. The summed E-state index contributed by atoms with van der Waals surface area (Å²) in [6.07, 6.45) is 0.672. The number of aldehydes is 1. The maximum Gasteiger partial charge on any atom is 0.408 e. The van der Waals surface area contributed by atoms with Gasteiger partial charge in [-0.2, -0.15) is 0 Å². The van der Waals surface area contributed by atoms with Crippen LogP contribution in [0.4, 0.5) is 4.79 Å². The Labute approximate surface area is 245 Å². The zero-order valence-corrected chi connectivity index (χ0v) is 24.8. The maximum absolute atomic E-state index is 12.5. The molecule has 1 atom stereocenters. The number of amides is 1. The number of halogens is 1. The fraction of sp³-hybridized carbons (Fsp3) is 0.355. The highest BCUT2D eigenvalue weighted by Crippen LogP contribution is 2.33. The zero-order chi connectivity index (χ0) is 29.0. The van der Waals surface area contributed by atoms with E-state index in [1.54, 1.807) is 32.5 Å². The van der Waals surface area contributed by atoms with Gasteiger partial charge in [0.25, 0.3) is 0 Å². The number of rotatable bonds is 14. The lowest BCUT2D eigenvalue weighted by Gasteiger charge is -2.30. The summed E-state index contributed by atoms with van der Waals surface area (Å²) < 4.78 is 21.6. The first-order valence-corrected chi connectivity index (χ1v) is 14.1. The van der Waals surface area contributed by atoms with Gasteiger partial charge in [-0.05, 0) is 81.1 Å². The third kappa shape index (κ3) is 10.5. The first kappa shape index (κ1) is 31.5. The topological polar surface area (TPSA) is 83.1 Å². The third-order valence-corrected chi connectivity index (χ3v) is 7.06. The van der Waals surface area contributed by atoms with Crippen LogP contribution < -0.4 is 10.1 Å². The van der Waals surface area contributed by atoms with Crippen molar-refractivity contribution in [3.63, 3.8) is 0 Å². The van der Waals surface area contributed by atoms with Gasteiger partial charge in [-0.3, -0.25) is 0 Å². The van der Waals surface area contributed by atoms with Gasteiger partial charge in [-0.25, -0.2) is 4.79 Å². The van der Waals surface area contributed by atoms with E-state index in [0.717, 1.165) is 26.7 Å². The second-order valence-electron chi connectivity index (χ2n) is 10.3. The van der Waals surface area contributed by atoms with Crippen LogP contribution in [0.25, 0.3) is 0 Å². The molecule has 0 aromatic heterocycles. The molecule has 214 valence electrons. The number of ether oxygens (including phenoxy) is 4. The number of hydrogen-bond acceptors (Lipinski definition) is 7. The molecule has 0 saturated heterocycles. The van der Waals surface area contributed by atoms with Crippen molar-refractivity contribution in [2.24, 2.45) is 0 Å². The van der Waals surface area contributed by atoms with E-state index < -0.39 is 17.2 Å². The van der Waals surface area contributed by atoms with Gasteiger partial charge in [0, 0.05) is 21.9 Å². The first-order valence-electron chi connectivity index (χ1n) is 12.9. The van der Waals surface area contributed by atoms with Crippen molar-refractivity contribution < 1.29 is 28.5 Å². The lowest BCUT2D eigenvalue weighted by Crippen LogP contribution is -2.55. The van der Waals surface area contributed by atoms with Crippen LogP contribution in [0, 0.1) is 0 Å². The fourth-order valence-corrected chi connectivity index (χ4v) is 4.94. The summed E-state index contributed by atoms with van der Waals surface area (Å²) >= 11 is 8.21. The van der Waals surface area contributed by atoms with Crippen molar-refractivity contribution in [1.29, 1.82) is 0 Å². The van der Waals surface area contributed by atoms with Crippen LogP contribution >= 0.6 is 23.4 Å². The van der Waals surface area contributed by atoms with Gasteiger partial charge in [0.15, 0.2) is 0 Å². The second kappa shape index (κ2) is 15.1. The molecule has 0 saturated carbocycles. The Morgan fingerprint density at radius 2 is 1.70 bits per heavy atom. The minimum Gasteiger partial charge on any atom is -0.489 e. The molecule has 0 spiro atoms. The molecule has 0 bridgehead atoms. The van der Waals surface area contributed by atoms with E-state index in [-0.39, 0.29) is 19.8 Å². The quantitative estimate of drug-likeness (QED) is 0.123. The van der Waals surface area contributed by atoms with Crippen LogP contribution in [0.3, 0.4) is 0 Å². The Morgan fingerprint density at radius 3 is 2.33 bits per heavy atom. The van der Waals surface area contributed by atoms with Crippen LogP contribution in [-0.2, 0) is 32.0 Å². The molecule has 40 heavy (non-hydrogen) atoms. The predicted octanol–water partition coefficient (Wildman–Crippen LogP) is 7.09. The minimum atomic E-state index is -1.30. The fourth-order valence-electron chi connectivity index (χ4n) is 3.74. The van der Waals surface area contributed by atoms with Gasteiger partial charge >= 0.3 is 6.09 Å². The number of hydrogen-bond donors (Lipinski definition) is 1. The molecule has 0 radical (unpaired) electrons. The molecule has 0 aliphatic carbocycles. The van der Waals surface area contributed by atoms with Crippen molar-refractivity contribution >= 4 is 35.7 Å². The smallest absolute Gasteiger partial charge is 0.408 e. The number of carbonyl (C=O) groups excluding carboxylic acids is 2. The summed E-state index contributed by atoms with van der Waals surface area (Å²) in [5.41, 5.74) is -0.0517. The van der Waals surface area contributed by atoms with Crippen molar-refractivity contribution in [2.75, 3.05) is 20.5 Å². The highest BCUT2D eigenvalue weighted by Gasteiger charge is 2.34. The van der Waals surface area contributed by atoms with Crippen molar-refractivity contribution in [1.82, 2.24) is 5.32 Å². The van der Waals surface area contributed by atoms with Crippen LogP contribution in [0.1, 0.15) is 38.3 Å². The summed E-state index contributed by atoms with van der Waals surface area (Å²) in [5.74, 6) is 0.801. The second-order valence-corrected chi connectivity index (χ2v) is 11.8. The monoisotopic (exact) mass is 585 g/mol. The predicted molar refractivity (Wildman–Crippen MR) is 157 cm³/mol. The number of methoxy groups -OCH3 is 1. The molecule has 3 aromatic rings. The Kier molecular flexibility index (Phi) is 11.9. The molecule has 0 heterocycles. The molecular formula is C31H36ClNO6S. The molecule has 3 aromatic carbocycles. The van der Waals surface area contributed by atoms with E-state index in [4.69, 9.17) is 30.5 Å². The number of benzene rings is 3. The van der Waals surface area contributed by atoms with Crippen LogP contribution in [0.2, 0.25) is 5.02 Å². The Morgan fingerprint density at radius 1 is 1.00 bits per heavy atom. The summed E-state index contributed by atoms with van der Waals surface area (Å²) in [6.45, 7) is 5.69.